The SMILES string of the molecule is O=C1OC[C@H]2O[C@@H](OC(=O)c3cc(O)c(O)c(O)c3)[C@H](OC(=O)c3cc(O)c(O)c(O)c3)[C@@H](OC(=O)c3cc(O)c(O)c(O)c3)C2OC(=O)c2cc(O)c(O)c3c2C2C1=CC(=O)[C@@](O)(O3)C2(O)O. The number of rotatable bonds is 6. The molecule has 356 valence electrons. The number of hydrogen-bond acceptors (Lipinski definition) is 27. The second-order valence-electron chi connectivity index (χ2n) is 15.1. The molecular weight excluding hydrogens is 924 g/mol. The summed E-state index contributed by atoms with van der Waals surface area (Å²) in [4.78, 5) is 83.2. The van der Waals surface area contributed by atoms with Crippen LogP contribution in [0.5, 0.6) is 69.0 Å². The molecule has 68 heavy (non-hydrogen) atoms. The van der Waals surface area contributed by atoms with Gasteiger partial charge >= 0.3 is 35.6 Å². The van der Waals surface area contributed by atoms with E-state index in [0.29, 0.717) is 48.5 Å². The van der Waals surface area contributed by atoms with E-state index in [1.807, 2.05) is 0 Å². The molecule has 0 amide bonds. The molecule has 27 heteroatoms. The number of cyclic esters (lactones) is 1. The molecule has 0 saturated carbocycles. The molecule has 1 fully saturated rings. The van der Waals surface area contributed by atoms with Crippen LogP contribution in [-0.2, 0) is 38.0 Å². The van der Waals surface area contributed by atoms with Gasteiger partial charge in [0.15, 0.2) is 75.5 Å². The van der Waals surface area contributed by atoms with Gasteiger partial charge in [0.1, 0.15) is 12.7 Å². The number of ketones is 1. The normalized spacial score (nSPS) is 24.6. The Hall–Kier alpha value is -8.92. The van der Waals surface area contributed by atoms with Gasteiger partial charge in [-0.1, -0.05) is 0 Å². The maximum Gasteiger partial charge on any atom is 0.340 e. The van der Waals surface area contributed by atoms with Gasteiger partial charge in [0.2, 0.25) is 23.9 Å². The van der Waals surface area contributed by atoms with Crippen LogP contribution in [0, 0.1) is 0 Å². The Morgan fingerprint density at radius 3 is 1.50 bits per heavy atom. The van der Waals surface area contributed by atoms with E-state index in [1.54, 1.807) is 0 Å². The van der Waals surface area contributed by atoms with Crippen LogP contribution in [0.15, 0.2) is 54.1 Å². The number of phenolic OH excluding ortho intramolecular Hbond substituents is 11. The Labute approximate surface area is 374 Å². The number of benzene rings is 4. The van der Waals surface area contributed by atoms with E-state index >= 15 is 0 Å². The van der Waals surface area contributed by atoms with Crippen LogP contribution in [0.2, 0.25) is 0 Å². The van der Waals surface area contributed by atoms with Crippen molar-refractivity contribution in [1.82, 2.24) is 0 Å². The number of fused-ring (bicyclic) bond motifs is 2. The first-order valence-electron chi connectivity index (χ1n) is 19.0. The zero-order valence-electron chi connectivity index (χ0n) is 33.4. The Morgan fingerprint density at radius 1 is 0.574 bits per heavy atom. The average Bonchev–Trinajstić information content (AvgIpc) is 3.28. The predicted molar refractivity (Wildman–Crippen MR) is 205 cm³/mol. The van der Waals surface area contributed by atoms with Crippen LogP contribution in [0.25, 0.3) is 0 Å². The molecule has 7 atom stereocenters. The van der Waals surface area contributed by atoms with E-state index in [-0.39, 0.29) is 0 Å². The van der Waals surface area contributed by atoms with Gasteiger partial charge < -0.3 is 105 Å². The molecule has 8 rings (SSSR count). The van der Waals surface area contributed by atoms with Crippen LogP contribution in [0.1, 0.15) is 52.9 Å². The molecule has 4 aromatic carbocycles. The van der Waals surface area contributed by atoms with Gasteiger partial charge in [-0.05, 0) is 48.5 Å². The maximum atomic E-state index is 14.5. The lowest BCUT2D eigenvalue weighted by molar-refractivity contribution is -0.339. The van der Waals surface area contributed by atoms with Crippen molar-refractivity contribution in [2.75, 3.05) is 6.61 Å². The zero-order valence-corrected chi connectivity index (χ0v) is 33.4. The summed E-state index contributed by atoms with van der Waals surface area (Å²) < 4.78 is 38.6. The lowest BCUT2D eigenvalue weighted by Crippen LogP contribution is -2.70. The molecule has 0 spiro atoms. The van der Waals surface area contributed by atoms with Gasteiger partial charge in [-0.2, -0.15) is 0 Å². The number of aromatic hydroxyl groups is 11. The molecular formula is C41H30O27. The minimum atomic E-state index is -3.90. The monoisotopic (exact) mass is 954 g/mol. The second kappa shape index (κ2) is 15.9. The number of carbonyl (C=O) groups is 6. The summed E-state index contributed by atoms with van der Waals surface area (Å²) >= 11 is 0. The highest BCUT2D eigenvalue weighted by Crippen LogP contribution is 2.58. The quantitative estimate of drug-likeness (QED) is 0.0473. The summed E-state index contributed by atoms with van der Waals surface area (Å²) in [5.74, 6) is -34.2. The van der Waals surface area contributed by atoms with Gasteiger partial charge in [-0.3, -0.25) is 4.79 Å². The van der Waals surface area contributed by atoms with Crippen LogP contribution < -0.4 is 4.74 Å². The first-order valence-corrected chi connectivity index (χ1v) is 19.0. The van der Waals surface area contributed by atoms with Crippen molar-refractivity contribution in [1.29, 1.82) is 0 Å². The molecule has 4 aliphatic rings. The molecule has 4 aromatic rings. The molecule has 14 N–H and O–H groups in total. The van der Waals surface area contributed by atoms with Crippen molar-refractivity contribution < 1.29 is 133 Å². The molecule has 2 bridgehead atoms. The van der Waals surface area contributed by atoms with E-state index in [9.17, 15) is 100 Å². The summed E-state index contributed by atoms with van der Waals surface area (Å²) in [6.45, 7) is -1.30. The summed E-state index contributed by atoms with van der Waals surface area (Å²) in [6.07, 6.45) is -12.0. The Balaban J connectivity index is 1.32. The number of carbonyl (C=O) groups excluding carboxylic acids is 6. The fourth-order valence-electron chi connectivity index (χ4n) is 7.59. The van der Waals surface area contributed by atoms with E-state index in [4.69, 9.17) is 33.2 Å². The highest BCUT2D eigenvalue weighted by atomic mass is 16.7. The molecule has 1 aliphatic carbocycles. The van der Waals surface area contributed by atoms with Crippen molar-refractivity contribution in [2.24, 2.45) is 0 Å². The third-order valence-corrected chi connectivity index (χ3v) is 10.9. The van der Waals surface area contributed by atoms with Crippen molar-refractivity contribution >= 4 is 35.6 Å². The van der Waals surface area contributed by atoms with Crippen LogP contribution in [0.3, 0.4) is 0 Å². The van der Waals surface area contributed by atoms with Gasteiger partial charge in [-0.15, -0.1) is 0 Å². The maximum absolute atomic E-state index is 14.5. The second-order valence-corrected chi connectivity index (χ2v) is 15.1. The number of ether oxygens (including phenoxy) is 7. The van der Waals surface area contributed by atoms with Gasteiger partial charge in [0.05, 0.1) is 33.7 Å². The van der Waals surface area contributed by atoms with Gasteiger partial charge in [-0.25, -0.2) is 24.0 Å². The van der Waals surface area contributed by atoms with Crippen molar-refractivity contribution in [3.8, 4) is 69.0 Å². The summed E-state index contributed by atoms with van der Waals surface area (Å²) in [6, 6.07) is 3.66. The number of hydrogen-bond donors (Lipinski definition) is 14. The first-order chi connectivity index (χ1) is 31.8. The topological polar surface area (TPSA) is 450 Å². The molecule has 3 aliphatic heterocycles. The smallest absolute Gasteiger partial charge is 0.340 e. The lowest BCUT2D eigenvalue weighted by Gasteiger charge is -2.49. The van der Waals surface area contributed by atoms with Crippen LogP contribution in [0.4, 0.5) is 0 Å². The third-order valence-electron chi connectivity index (χ3n) is 10.9. The van der Waals surface area contributed by atoms with Crippen molar-refractivity contribution in [2.45, 2.75) is 48.2 Å². The fraction of sp³-hybridized carbons (Fsp3) is 0.220. The third kappa shape index (κ3) is 7.18. The number of esters is 5. The minimum absolute atomic E-state index is 0.325. The number of aliphatic hydroxyl groups is 3. The summed E-state index contributed by atoms with van der Waals surface area (Å²) in [7, 11) is 0. The Bertz CT molecular complexity index is 2870. The Kier molecular flexibility index (Phi) is 10.7. The molecule has 2 unspecified atom stereocenters. The van der Waals surface area contributed by atoms with E-state index < -0.39 is 193 Å². The van der Waals surface area contributed by atoms with Gasteiger partial charge in [0, 0.05) is 5.56 Å². The zero-order chi connectivity index (χ0) is 49.6. The minimum Gasteiger partial charge on any atom is -0.504 e. The van der Waals surface area contributed by atoms with E-state index in [1.165, 1.54) is 0 Å². The van der Waals surface area contributed by atoms with Crippen LogP contribution >= 0.6 is 0 Å². The summed E-state index contributed by atoms with van der Waals surface area (Å²) in [5, 5.41) is 146. The van der Waals surface area contributed by atoms with Crippen molar-refractivity contribution in [3.05, 3.63) is 81.9 Å². The molecule has 0 radical (unpaired) electrons. The van der Waals surface area contributed by atoms with Gasteiger partial charge in [0.25, 0.3) is 5.79 Å². The molecule has 0 aromatic heterocycles. The van der Waals surface area contributed by atoms with E-state index in [2.05, 4.69) is 0 Å². The highest BCUT2D eigenvalue weighted by molar-refractivity contribution is 6.08. The highest BCUT2D eigenvalue weighted by Gasteiger charge is 2.70. The standard InChI is InChI=1S/C41H30O27/c42-15-1-10(2-16(43)26(15)50)34(54)65-32-30-22(9-62-37(57)14-8-23(49)41(61)40(59,60)25(14)24-13(38(58)64-30)7-21(48)29(53)31(24)68-41)63-39(67-36(56)12-5-19(46)28(52)20(47)6-12)33(32)66-35(55)11-3-17(44)27(51)18(45)4-11/h1-8,22,25,30,32-33,39,42-48,50-53,59-61H,9H2/t22-,25?,30?,32+,33-,39+,41-/m1/s1. The first kappa shape index (κ1) is 45.6. The number of phenols is 11. The fourth-order valence-corrected chi connectivity index (χ4v) is 7.59. The van der Waals surface area contributed by atoms with E-state index in [0.717, 1.165) is 0 Å². The molecule has 1 saturated heterocycles. The summed E-state index contributed by atoms with van der Waals surface area (Å²) in [5.41, 5.74) is -5.52. The predicted octanol–water partition coefficient (Wildman–Crippen LogP) is -1.08. The van der Waals surface area contributed by atoms with Crippen LogP contribution in [-0.4, -0.2) is 156 Å². The molecule has 3 heterocycles. The molecule has 27 nitrogen and oxygen atoms in total. The average molecular weight is 955 g/mol. The largest absolute Gasteiger partial charge is 0.504 e. The Morgan fingerprint density at radius 2 is 1.01 bits per heavy atom. The van der Waals surface area contributed by atoms with Crippen molar-refractivity contribution in [3.63, 3.8) is 0 Å². The lowest BCUT2D eigenvalue weighted by atomic mass is 9.70.